The molecule has 108 valence electrons. The molecule has 1 aliphatic rings. The number of nitrogens with zero attached hydrogens (tertiary/aromatic N) is 2. The largest absolute Gasteiger partial charge is 0.350 e. The van der Waals surface area contributed by atoms with E-state index in [2.05, 4.69) is 5.29 Å². The zero-order valence-electron chi connectivity index (χ0n) is 11.4. The summed E-state index contributed by atoms with van der Waals surface area (Å²) in [5, 5.41) is 5.32. The van der Waals surface area contributed by atoms with Crippen LogP contribution in [0, 0.1) is 4.91 Å². The van der Waals surface area contributed by atoms with Gasteiger partial charge in [0.15, 0.2) is 6.23 Å². The maximum Gasteiger partial charge on any atom is 0.175 e. The molecule has 5 heteroatoms. The van der Waals surface area contributed by atoms with Crippen LogP contribution in [0.5, 0.6) is 0 Å². The topological polar surface area (TPSA) is 41.9 Å². The lowest BCUT2D eigenvalue weighted by molar-refractivity contribution is 0.0295. The number of halogens is 1. The number of ether oxygens (including phenoxy) is 1. The Labute approximate surface area is 128 Å². The van der Waals surface area contributed by atoms with Crippen LogP contribution < -0.4 is 0 Å². The molecule has 2 atom stereocenters. The van der Waals surface area contributed by atoms with E-state index in [-0.39, 0.29) is 6.04 Å². The highest BCUT2D eigenvalue weighted by atomic mass is 35.5. The summed E-state index contributed by atoms with van der Waals surface area (Å²) in [5.41, 5.74) is 2.05. The summed E-state index contributed by atoms with van der Waals surface area (Å²) in [6.45, 7) is 0.480. The van der Waals surface area contributed by atoms with E-state index in [1.807, 2.05) is 42.5 Å². The van der Waals surface area contributed by atoms with Gasteiger partial charge in [-0.05, 0) is 24.1 Å². The van der Waals surface area contributed by atoms with Gasteiger partial charge >= 0.3 is 0 Å². The smallest absolute Gasteiger partial charge is 0.175 e. The van der Waals surface area contributed by atoms with Gasteiger partial charge < -0.3 is 4.74 Å². The molecule has 21 heavy (non-hydrogen) atoms. The van der Waals surface area contributed by atoms with Gasteiger partial charge in [-0.25, -0.2) is 5.01 Å². The SMILES string of the molecule is O=NN1[C@@H](Cc2ccccc2)CO[C@H]1c1ccc(Cl)cc1. The Hall–Kier alpha value is -1.91. The minimum Gasteiger partial charge on any atom is -0.350 e. The van der Waals surface area contributed by atoms with Gasteiger partial charge in [0.2, 0.25) is 0 Å². The third kappa shape index (κ3) is 3.06. The molecule has 4 nitrogen and oxygen atoms in total. The van der Waals surface area contributed by atoms with Crippen LogP contribution >= 0.6 is 11.6 Å². The molecule has 1 aliphatic heterocycles. The first kappa shape index (κ1) is 14.0. The van der Waals surface area contributed by atoms with Gasteiger partial charge in [-0.2, -0.15) is 0 Å². The van der Waals surface area contributed by atoms with E-state index in [1.165, 1.54) is 5.01 Å². The van der Waals surface area contributed by atoms with E-state index in [0.29, 0.717) is 11.6 Å². The number of benzene rings is 2. The van der Waals surface area contributed by atoms with E-state index >= 15 is 0 Å². The molecule has 0 spiro atoms. The van der Waals surface area contributed by atoms with Crippen molar-refractivity contribution < 1.29 is 4.74 Å². The summed E-state index contributed by atoms with van der Waals surface area (Å²) in [6.07, 6.45) is 0.296. The number of hydrogen-bond acceptors (Lipinski definition) is 3. The van der Waals surface area contributed by atoms with Crippen LogP contribution in [0.3, 0.4) is 0 Å². The second-order valence-corrected chi connectivity index (χ2v) is 5.48. The predicted octanol–water partition coefficient (Wildman–Crippen LogP) is 3.96. The van der Waals surface area contributed by atoms with Gasteiger partial charge in [-0.1, -0.05) is 54.1 Å². The molecule has 1 heterocycles. The van der Waals surface area contributed by atoms with Crippen molar-refractivity contribution in [2.45, 2.75) is 18.7 Å². The molecule has 2 aromatic carbocycles. The second-order valence-electron chi connectivity index (χ2n) is 5.04. The zero-order chi connectivity index (χ0) is 14.7. The van der Waals surface area contributed by atoms with Crippen molar-refractivity contribution in [1.29, 1.82) is 0 Å². The maximum atomic E-state index is 11.2. The predicted molar refractivity (Wildman–Crippen MR) is 81.7 cm³/mol. The molecule has 0 amide bonds. The minimum atomic E-state index is -0.437. The Bertz CT molecular complexity index is 603. The van der Waals surface area contributed by atoms with E-state index in [9.17, 15) is 4.91 Å². The molecular weight excluding hydrogens is 288 g/mol. The Kier molecular flexibility index (Phi) is 4.18. The number of rotatable bonds is 4. The van der Waals surface area contributed by atoms with E-state index in [4.69, 9.17) is 16.3 Å². The van der Waals surface area contributed by atoms with Crippen LogP contribution in [0.15, 0.2) is 59.9 Å². The Morgan fingerprint density at radius 2 is 1.86 bits per heavy atom. The lowest BCUT2D eigenvalue weighted by atomic mass is 10.1. The van der Waals surface area contributed by atoms with Crippen molar-refractivity contribution in [3.63, 3.8) is 0 Å². The molecule has 3 rings (SSSR count). The van der Waals surface area contributed by atoms with Crippen LogP contribution in [0.2, 0.25) is 5.02 Å². The van der Waals surface area contributed by atoms with E-state index in [1.54, 1.807) is 12.1 Å². The first-order valence-electron chi connectivity index (χ1n) is 6.80. The van der Waals surface area contributed by atoms with Gasteiger partial charge in [-0.15, -0.1) is 4.91 Å². The molecule has 1 fully saturated rings. The van der Waals surface area contributed by atoms with Crippen molar-refractivity contribution >= 4 is 11.6 Å². The molecular formula is C16H15ClN2O2. The molecule has 0 saturated carbocycles. The van der Waals surface area contributed by atoms with Crippen LogP contribution in [0.25, 0.3) is 0 Å². The summed E-state index contributed by atoms with van der Waals surface area (Å²) in [7, 11) is 0. The lowest BCUT2D eigenvalue weighted by Gasteiger charge is -2.22. The van der Waals surface area contributed by atoms with Crippen molar-refractivity contribution in [2.24, 2.45) is 5.29 Å². The number of hydrogen-bond donors (Lipinski definition) is 0. The van der Waals surface area contributed by atoms with Crippen LogP contribution in [-0.4, -0.2) is 17.7 Å². The lowest BCUT2D eigenvalue weighted by Crippen LogP contribution is -2.29. The molecule has 0 bridgehead atoms. The van der Waals surface area contributed by atoms with Crippen molar-refractivity contribution in [2.75, 3.05) is 6.61 Å². The van der Waals surface area contributed by atoms with E-state index < -0.39 is 6.23 Å². The van der Waals surface area contributed by atoms with Crippen molar-refractivity contribution in [3.05, 3.63) is 75.7 Å². The highest BCUT2D eigenvalue weighted by Crippen LogP contribution is 2.32. The third-order valence-electron chi connectivity index (χ3n) is 3.62. The molecule has 0 radical (unpaired) electrons. The van der Waals surface area contributed by atoms with Crippen LogP contribution in [-0.2, 0) is 11.2 Å². The quantitative estimate of drug-likeness (QED) is 0.803. The summed E-state index contributed by atoms with van der Waals surface area (Å²) < 4.78 is 5.76. The molecule has 2 aromatic rings. The molecule has 0 unspecified atom stereocenters. The Morgan fingerprint density at radius 1 is 1.14 bits per heavy atom. The maximum absolute atomic E-state index is 11.2. The zero-order valence-corrected chi connectivity index (χ0v) is 12.1. The molecule has 0 N–H and O–H groups in total. The molecule has 0 aromatic heterocycles. The average Bonchev–Trinajstić information content (AvgIpc) is 2.92. The second kappa shape index (κ2) is 6.24. The van der Waals surface area contributed by atoms with Gasteiger partial charge in [0.25, 0.3) is 0 Å². The highest BCUT2D eigenvalue weighted by Gasteiger charge is 2.35. The summed E-state index contributed by atoms with van der Waals surface area (Å²) in [6, 6.07) is 17.3. The van der Waals surface area contributed by atoms with Crippen LogP contribution in [0.1, 0.15) is 17.4 Å². The van der Waals surface area contributed by atoms with Crippen LogP contribution in [0.4, 0.5) is 0 Å². The van der Waals surface area contributed by atoms with Gasteiger partial charge in [0.1, 0.15) is 0 Å². The molecule has 1 saturated heterocycles. The average molecular weight is 303 g/mol. The van der Waals surface area contributed by atoms with E-state index in [0.717, 1.165) is 17.5 Å². The highest BCUT2D eigenvalue weighted by molar-refractivity contribution is 6.30. The Morgan fingerprint density at radius 3 is 2.52 bits per heavy atom. The molecule has 0 aliphatic carbocycles. The summed E-state index contributed by atoms with van der Waals surface area (Å²) in [4.78, 5) is 11.2. The first-order chi connectivity index (χ1) is 10.3. The fraction of sp³-hybridized carbons (Fsp3) is 0.250. The first-order valence-corrected chi connectivity index (χ1v) is 7.18. The fourth-order valence-corrected chi connectivity index (χ4v) is 2.70. The standard InChI is InChI=1S/C16H15ClN2O2/c17-14-8-6-13(7-9-14)16-19(18-20)15(11-21-16)10-12-4-2-1-3-5-12/h1-9,15-16H,10-11H2/t15-,16-/m0/s1. The van der Waals surface area contributed by atoms with Gasteiger partial charge in [0, 0.05) is 10.6 Å². The normalized spacial score (nSPS) is 21.5. The fourth-order valence-electron chi connectivity index (χ4n) is 2.57. The van der Waals surface area contributed by atoms with Crippen molar-refractivity contribution in [1.82, 2.24) is 5.01 Å². The summed E-state index contributed by atoms with van der Waals surface area (Å²) in [5.74, 6) is 0. The minimum absolute atomic E-state index is 0.0504. The van der Waals surface area contributed by atoms with Gasteiger partial charge in [-0.3, -0.25) is 0 Å². The Balaban J connectivity index is 1.76. The number of nitroso groups, excluding NO2 is 1. The van der Waals surface area contributed by atoms with Gasteiger partial charge in [0.05, 0.1) is 17.9 Å². The monoisotopic (exact) mass is 302 g/mol. The third-order valence-corrected chi connectivity index (χ3v) is 3.88. The van der Waals surface area contributed by atoms with Crippen molar-refractivity contribution in [3.8, 4) is 0 Å². The summed E-state index contributed by atoms with van der Waals surface area (Å²) >= 11 is 5.89.